The maximum absolute atomic E-state index is 10.4. The van der Waals surface area contributed by atoms with Crippen molar-refractivity contribution in [3.8, 4) is 0 Å². The van der Waals surface area contributed by atoms with E-state index >= 15 is 0 Å². The molecule has 23 heavy (non-hydrogen) atoms. The fraction of sp³-hybridized carbons (Fsp3) is 0.556. The Morgan fingerprint density at radius 1 is 1.09 bits per heavy atom. The second-order valence-electron chi connectivity index (χ2n) is 6.24. The van der Waals surface area contributed by atoms with Crippen molar-refractivity contribution in [2.24, 2.45) is 0 Å². The first-order valence-corrected chi connectivity index (χ1v) is 8.16. The number of nitrogens with zero attached hydrogens (tertiary/aromatic N) is 2. The summed E-state index contributed by atoms with van der Waals surface area (Å²) in [5, 5.41) is 29.8. The van der Waals surface area contributed by atoms with Gasteiger partial charge in [-0.3, -0.25) is 4.90 Å². The van der Waals surface area contributed by atoms with Crippen LogP contribution in [0, 0.1) is 20.8 Å². The fourth-order valence-corrected chi connectivity index (χ4v) is 3.14. The van der Waals surface area contributed by atoms with Crippen LogP contribution in [0.25, 0.3) is 10.9 Å². The second-order valence-corrected chi connectivity index (χ2v) is 6.24. The maximum Gasteiger partial charge on any atom is 0.0845 e. The number of benzene rings is 1. The van der Waals surface area contributed by atoms with Gasteiger partial charge < -0.3 is 19.9 Å². The Kier molecular flexibility index (Phi) is 6.18. The van der Waals surface area contributed by atoms with Crippen LogP contribution >= 0.6 is 0 Å². The monoisotopic (exact) mass is 320 g/mol. The van der Waals surface area contributed by atoms with Gasteiger partial charge in [0.2, 0.25) is 0 Å². The van der Waals surface area contributed by atoms with Gasteiger partial charge in [-0.1, -0.05) is 11.6 Å². The molecule has 0 amide bonds. The highest BCUT2D eigenvalue weighted by Crippen LogP contribution is 2.26. The lowest BCUT2D eigenvalue weighted by molar-refractivity contribution is 0.0777. The standard InChI is InChI=1S/C18H28N2O3/c1-13-4-5-18-17(10-13)14(2)15(3)20(18)12-16(23)11-19(6-8-21)7-9-22/h4-5,10,16,21-23H,6-9,11-12H2,1-3H3/t16-/m0/s1. The molecule has 0 aliphatic rings. The van der Waals surface area contributed by atoms with Crippen LogP contribution in [0.2, 0.25) is 0 Å². The van der Waals surface area contributed by atoms with Crippen LogP contribution in [0.15, 0.2) is 18.2 Å². The van der Waals surface area contributed by atoms with Gasteiger partial charge in [0.05, 0.1) is 25.9 Å². The van der Waals surface area contributed by atoms with E-state index in [9.17, 15) is 5.11 Å². The Morgan fingerprint density at radius 3 is 2.35 bits per heavy atom. The van der Waals surface area contributed by atoms with E-state index in [1.54, 1.807) is 0 Å². The first-order chi connectivity index (χ1) is 11.0. The van der Waals surface area contributed by atoms with Crippen molar-refractivity contribution in [2.75, 3.05) is 32.8 Å². The van der Waals surface area contributed by atoms with E-state index < -0.39 is 6.10 Å². The third-order valence-electron chi connectivity index (χ3n) is 4.49. The quantitative estimate of drug-likeness (QED) is 0.684. The van der Waals surface area contributed by atoms with Gasteiger partial charge in [0.15, 0.2) is 0 Å². The maximum atomic E-state index is 10.4. The molecule has 3 N–H and O–H groups in total. The summed E-state index contributed by atoms with van der Waals surface area (Å²) >= 11 is 0. The third kappa shape index (κ3) is 4.12. The first-order valence-electron chi connectivity index (χ1n) is 8.16. The molecule has 5 heteroatoms. The van der Waals surface area contributed by atoms with Crippen LogP contribution in [-0.4, -0.2) is 63.7 Å². The Bertz CT molecular complexity index is 645. The lowest BCUT2D eigenvalue weighted by atomic mass is 10.1. The van der Waals surface area contributed by atoms with Gasteiger partial charge >= 0.3 is 0 Å². The molecule has 0 bridgehead atoms. The third-order valence-corrected chi connectivity index (χ3v) is 4.49. The van der Waals surface area contributed by atoms with Gasteiger partial charge in [-0.2, -0.15) is 0 Å². The Hall–Kier alpha value is -1.40. The van der Waals surface area contributed by atoms with Crippen molar-refractivity contribution < 1.29 is 15.3 Å². The predicted molar refractivity (Wildman–Crippen MR) is 92.8 cm³/mol. The molecule has 0 unspecified atom stereocenters. The molecular weight excluding hydrogens is 292 g/mol. The van der Waals surface area contributed by atoms with Crippen molar-refractivity contribution in [3.63, 3.8) is 0 Å². The average molecular weight is 320 g/mol. The van der Waals surface area contributed by atoms with Gasteiger partial charge in [0.25, 0.3) is 0 Å². The molecule has 128 valence electrons. The van der Waals surface area contributed by atoms with Crippen LogP contribution in [0.1, 0.15) is 16.8 Å². The van der Waals surface area contributed by atoms with E-state index in [-0.39, 0.29) is 13.2 Å². The van der Waals surface area contributed by atoms with Gasteiger partial charge in [-0.05, 0) is 38.5 Å². The van der Waals surface area contributed by atoms with Crippen molar-refractivity contribution in [1.29, 1.82) is 0 Å². The van der Waals surface area contributed by atoms with Crippen molar-refractivity contribution in [1.82, 2.24) is 9.47 Å². The zero-order valence-electron chi connectivity index (χ0n) is 14.3. The van der Waals surface area contributed by atoms with Gasteiger partial charge in [-0.15, -0.1) is 0 Å². The summed E-state index contributed by atoms with van der Waals surface area (Å²) in [6.07, 6.45) is -0.553. The Balaban J connectivity index is 2.19. The van der Waals surface area contributed by atoms with Crippen LogP contribution < -0.4 is 0 Å². The number of rotatable bonds is 8. The summed E-state index contributed by atoms with van der Waals surface area (Å²) in [4.78, 5) is 1.88. The molecule has 0 radical (unpaired) electrons. The minimum absolute atomic E-state index is 0.0244. The minimum Gasteiger partial charge on any atom is -0.395 e. The lowest BCUT2D eigenvalue weighted by Crippen LogP contribution is -2.38. The van der Waals surface area contributed by atoms with E-state index in [1.165, 1.54) is 22.2 Å². The van der Waals surface area contributed by atoms with Crippen LogP contribution in [0.5, 0.6) is 0 Å². The zero-order chi connectivity index (χ0) is 17.0. The summed E-state index contributed by atoms with van der Waals surface area (Å²) in [5.74, 6) is 0. The Labute approximate surface area is 137 Å². The summed E-state index contributed by atoms with van der Waals surface area (Å²) in [6, 6.07) is 6.38. The molecule has 1 aromatic carbocycles. The van der Waals surface area contributed by atoms with Gasteiger partial charge in [0, 0.05) is 36.2 Å². The number of hydrogen-bond acceptors (Lipinski definition) is 4. The smallest absolute Gasteiger partial charge is 0.0845 e. The molecule has 5 nitrogen and oxygen atoms in total. The average Bonchev–Trinajstić information content (AvgIpc) is 2.72. The lowest BCUT2D eigenvalue weighted by Gasteiger charge is -2.24. The summed E-state index contributed by atoms with van der Waals surface area (Å²) in [5.41, 5.74) is 4.79. The van der Waals surface area contributed by atoms with Crippen molar-refractivity contribution >= 4 is 10.9 Å². The van der Waals surface area contributed by atoms with E-state index in [0.29, 0.717) is 26.2 Å². The van der Waals surface area contributed by atoms with E-state index in [4.69, 9.17) is 10.2 Å². The van der Waals surface area contributed by atoms with Gasteiger partial charge in [-0.25, -0.2) is 0 Å². The Morgan fingerprint density at radius 2 is 1.74 bits per heavy atom. The molecule has 2 rings (SSSR count). The second kappa shape index (κ2) is 7.93. The fourth-order valence-electron chi connectivity index (χ4n) is 3.14. The highest BCUT2D eigenvalue weighted by Gasteiger charge is 2.16. The topological polar surface area (TPSA) is 68.9 Å². The van der Waals surface area contributed by atoms with Crippen molar-refractivity contribution in [2.45, 2.75) is 33.4 Å². The highest BCUT2D eigenvalue weighted by molar-refractivity contribution is 5.85. The minimum atomic E-state index is -0.553. The summed E-state index contributed by atoms with van der Waals surface area (Å²) < 4.78 is 2.16. The number of aliphatic hydroxyl groups is 3. The SMILES string of the molecule is Cc1ccc2c(c1)c(C)c(C)n2C[C@@H](O)CN(CCO)CCO. The number of hydrogen-bond donors (Lipinski definition) is 3. The van der Waals surface area contributed by atoms with E-state index in [1.807, 2.05) is 4.90 Å². The molecule has 0 saturated heterocycles. The number of aromatic nitrogens is 1. The molecule has 0 saturated carbocycles. The summed E-state index contributed by atoms with van der Waals surface area (Å²) in [7, 11) is 0. The van der Waals surface area contributed by atoms with E-state index in [0.717, 1.165) is 5.52 Å². The zero-order valence-corrected chi connectivity index (χ0v) is 14.3. The molecule has 2 aromatic rings. The van der Waals surface area contributed by atoms with Crippen LogP contribution in [0.3, 0.4) is 0 Å². The molecule has 1 heterocycles. The summed E-state index contributed by atoms with van der Waals surface area (Å²) in [6.45, 7) is 8.19. The molecule has 0 fully saturated rings. The van der Waals surface area contributed by atoms with E-state index in [2.05, 4.69) is 43.5 Å². The molecule has 0 aliphatic carbocycles. The molecule has 0 spiro atoms. The largest absolute Gasteiger partial charge is 0.395 e. The first kappa shape index (κ1) is 17.9. The predicted octanol–water partition coefficient (Wildman–Crippen LogP) is 1.21. The normalized spacial score (nSPS) is 13.2. The number of aryl methyl sites for hydroxylation is 2. The molecular formula is C18H28N2O3. The van der Waals surface area contributed by atoms with Crippen molar-refractivity contribution in [3.05, 3.63) is 35.0 Å². The molecule has 1 aromatic heterocycles. The van der Waals surface area contributed by atoms with Gasteiger partial charge in [0.1, 0.15) is 0 Å². The molecule has 0 aliphatic heterocycles. The van der Waals surface area contributed by atoms with Crippen LogP contribution in [-0.2, 0) is 6.54 Å². The number of aliphatic hydroxyl groups excluding tert-OH is 3. The van der Waals surface area contributed by atoms with Crippen LogP contribution in [0.4, 0.5) is 0 Å². The molecule has 1 atom stereocenters. The number of fused-ring (bicyclic) bond motifs is 1. The highest BCUT2D eigenvalue weighted by atomic mass is 16.3.